The number of ether oxygens (including phenoxy) is 5. The fourth-order valence-corrected chi connectivity index (χ4v) is 2.81. The number of esters is 1. The predicted octanol–water partition coefficient (Wildman–Crippen LogP) is 2.89. The Bertz CT molecular complexity index is 545. The first-order chi connectivity index (χ1) is 11.0. The van der Waals surface area contributed by atoms with Gasteiger partial charge >= 0.3 is 5.97 Å². The fourth-order valence-electron chi connectivity index (χ4n) is 2.81. The Morgan fingerprint density at radius 1 is 1.13 bits per heavy atom. The molecule has 1 aliphatic rings. The quantitative estimate of drug-likeness (QED) is 0.541. The highest BCUT2D eigenvalue weighted by molar-refractivity contribution is 5.71. The van der Waals surface area contributed by atoms with E-state index in [0.717, 1.165) is 5.56 Å². The van der Waals surface area contributed by atoms with Crippen molar-refractivity contribution in [3.63, 3.8) is 0 Å². The molecular formula is C17H24O6. The molecule has 1 aromatic rings. The summed E-state index contributed by atoms with van der Waals surface area (Å²) in [6.07, 6.45) is 0.761. The van der Waals surface area contributed by atoms with Gasteiger partial charge in [-0.2, -0.15) is 0 Å². The van der Waals surface area contributed by atoms with E-state index in [9.17, 15) is 4.79 Å². The Morgan fingerprint density at radius 3 is 2.17 bits per heavy atom. The van der Waals surface area contributed by atoms with Gasteiger partial charge in [0.1, 0.15) is 11.7 Å². The molecule has 0 radical (unpaired) electrons. The highest BCUT2D eigenvalue weighted by Gasteiger charge is 2.57. The normalized spacial score (nSPS) is 22.4. The molecule has 6 heteroatoms. The second-order valence-corrected chi connectivity index (χ2v) is 5.36. The number of carbonyl (C=O) groups is 1. The maximum Gasteiger partial charge on any atom is 0.308 e. The van der Waals surface area contributed by atoms with Crippen LogP contribution in [0.4, 0.5) is 0 Å². The van der Waals surface area contributed by atoms with Gasteiger partial charge in [0.15, 0.2) is 11.5 Å². The van der Waals surface area contributed by atoms with E-state index in [4.69, 9.17) is 23.7 Å². The van der Waals surface area contributed by atoms with Crippen LogP contribution in [0.1, 0.15) is 38.4 Å². The standard InChI is InChI=1S/C17H24O6/c1-6-17(10-14(18)22-7-2)16(23-17)11-8-12(19-3)15(21-5)13(9-11)20-4/h8-9,16H,6-7,10H2,1-5H3. The number of hydrogen-bond donors (Lipinski definition) is 0. The molecule has 6 nitrogen and oxygen atoms in total. The molecule has 1 aliphatic heterocycles. The van der Waals surface area contributed by atoms with Crippen LogP contribution < -0.4 is 14.2 Å². The maximum absolute atomic E-state index is 11.8. The average molecular weight is 324 g/mol. The Balaban J connectivity index is 2.27. The predicted molar refractivity (Wildman–Crippen MR) is 84.2 cm³/mol. The summed E-state index contributed by atoms with van der Waals surface area (Å²) < 4.78 is 27.0. The highest BCUT2D eigenvalue weighted by Crippen LogP contribution is 2.56. The molecule has 2 unspecified atom stereocenters. The van der Waals surface area contributed by atoms with Gasteiger partial charge in [-0.15, -0.1) is 0 Å². The Morgan fingerprint density at radius 2 is 1.74 bits per heavy atom. The van der Waals surface area contributed by atoms with Crippen molar-refractivity contribution in [1.82, 2.24) is 0 Å². The summed E-state index contributed by atoms with van der Waals surface area (Å²) in [5.41, 5.74) is 0.377. The van der Waals surface area contributed by atoms with Crippen LogP contribution >= 0.6 is 0 Å². The Kier molecular flexibility index (Phi) is 5.36. The highest BCUT2D eigenvalue weighted by atomic mass is 16.6. The van der Waals surface area contributed by atoms with Gasteiger partial charge in [0.05, 0.1) is 34.4 Å². The number of rotatable bonds is 8. The van der Waals surface area contributed by atoms with Crippen molar-refractivity contribution in [3.8, 4) is 17.2 Å². The largest absolute Gasteiger partial charge is 0.493 e. The van der Waals surface area contributed by atoms with Crippen LogP contribution in [0.2, 0.25) is 0 Å². The van der Waals surface area contributed by atoms with E-state index in [0.29, 0.717) is 30.3 Å². The molecule has 1 fully saturated rings. The van der Waals surface area contributed by atoms with Crippen molar-refractivity contribution in [3.05, 3.63) is 17.7 Å². The van der Waals surface area contributed by atoms with Crippen LogP contribution in [0, 0.1) is 0 Å². The fraction of sp³-hybridized carbons (Fsp3) is 0.588. The van der Waals surface area contributed by atoms with E-state index in [1.54, 1.807) is 28.3 Å². The summed E-state index contributed by atoms with van der Waals surface area (Å²) >= 11 is 0. The van der Waals surface area contributed by atoms with E-state index in [2.05, 4.69) is 0 Å². The van der Waals surface area contributed by atoms with Crippen molar-refractivity contribution in [2.45, 2.75) is 38.4 Å². The first-order valence-electron chi connectivity index (χ1n) is 7.68. The lowest BCUT2D eigenvalue weighted by atomic mass is 9.93. The molecule has 1 heterocycles. The van der Waals surface area contributed by atoms with Crippen LogP contribution in [0.5, 0.6) is 17.2 Å². The summed E-state index contributed by atoms with van der Waals surface area (Å²) in [5, 5.41) is 0. The number of epoxide rings is 1. The molecule has 0 aromatic heterocycles. The summed E-state index contributed by atoms with van der Waals surface area (Å²) in [4.78, 5) is 11.8. The van der Waals surface area contributed by atoms with E-state index < -0.39 is 5.60 Å². The zero-order chi connectivity index (χ0) is 17.0. The molecule has 0 spiro atoms. The van der Waals surface area contributed by atoms with Crippen molar-refractivity contribution < 1.29 is 28.5 Å². The Hall–Kier alpha value is -1.95. The van der Waals surface area contributed by atoms with Gasteiger partial charge in [-0.25, -0.2) is 0 Å². The zero-order valence-corrected chi connectivity index (χ0v) is 14.3. The number of benzene rings is 1. The van der Waals surface area contributed by atoms with Crippen molar-refractivity contribution >= 4 is 5.97 Å². The Labute approximate surface area is 136 Å². The van der Waals surface area contributed by atoms with Crippen LogP contribution in [-0.2, 0) is 14.3 Å². The minimum atomic E-state index is -0.517. The van der Waals surface area contributed by atoms with Crippen LogP contribution in [0.15, 0.2) is 12.1 Å². The monoisotopic (exact) mass is 324 g/mol. The van der Waals surface area contributed by atoms with E-state index in [1.807, 2.05) is 19.1 Å². The van der Waals surface area contributed by atoms with E-state index in [-0.39, 0.29) is 18.5 Å². The summed E-state index contributed by atoms with van der Waals surface area (Å²) in [6, 6.07) is 3.71. The van der Waals surface area contributed by atoms with Gasteiger partial charge < -0.3 is 23.7 Å². The third-order valence-corrected chi connectivity index (χ3v) is 4.11. The van der Waals surface area contributed by atoms with Gasteiger partial charge in [0, 0.05) is 0 Å². The van der Waals surface area contributed by atoms with Gasteiger partial charge in [0.2, 0.25) is 5.75 Å². The van der Waals surface area contributed by atoms with E-state index >= 15 is 0 Å². The lowest BCUT2D eigenvalue weighted by molar-refractivity contribution is -0.144. The molecule has 0 aliphatic carbocycles. The zero-order valence-electron chi connectivity index (χ0n) is 14.3. The van der Waals surface area contributed by atoms with Gasteiger partial charge in [0.25, 0.3) is 0 Å². The SMILES string of the molecule is CCOC(=O)CC1(CC)OC1c1cc(OC)c(OC)c(OC)c1. The smallest absolute Gasteiger partial charge is 0.308 e. The molecule has 128 valence electrons. The van der Waals surface area contributed by atoms with Crippen LogP contribution in [0.3, 0.4) is 0 Å². The van der Waals surface area contributed by atoms with Crippen LogP contribution in [0.25, 0.3) is 0 Å². The topological polar surface area (TPSA) is 66.5 Å². The first kappa shape index (κ1) is 17.4. The molecule has 23 heavy (non-hydrogen) atoms. The average Bonchev–Trinajstić information content (AvgIpc) is 3.28. The second kappa shape index (κ2) is 7.08. The molecule has 1 saturated heterocycles. The van der Waals surface area contributed by atoms with Crippen LogP contribution in [-0.4, -0.2) is 39.5 Å². The van der Waals surface area contributed by atoms with Gasteiger partial charge in [-0.05, 0) is 31.0 Å². The lowest BCUT2D eigenvalue weighted by Gasteiger charge is -2.14. The number of carbonyl (C=O) groups excluding carboxylic acids is 1. The first-order valence-corrected chi connectivity index (χ1v) is 7.68. The van der Waals surface area contributed by atoms with E-state index in [1.165, 1.54) is 0 Å². The molecule has 0 bridgehead atoms. The minimum Gasteiger partial charge on any atom is -0.493 e. The summed E-state index contributed by atoms with van der Waals surface area (Å²) in [6.45, 7) is 4.16. The number of methoxy groups -OCH3 is 3. The summed E-state index contributed by atoms with van der Waals surface area (Å²) in [5.74, 6) is 1.42. The third-order valence-electron chi connectivity index (χ3n) is 4.11. The van der Waals surface area contributed by atoms with Gasteiger partial charge in [-0.3, -0.25) is 4.79 Å². The minimum absolute atomic E-state index is 0.189. The number of hydrogen-bond acceptors (Lipinski definition) is 6. The molecular weight excluding hydrogens is 300 g/mol. The maximum atomic E-state index is 11.8. The van der Waals surface area contributed by atoms with Gasteiger partial charge in [-0.1, -0.05) is 6.92 Å². The molecule has 2 rings (SSSR count). The second-order valence-electron chi connectivity index (χ2n) is 5.36. The molecule has 0 saturated carbocycles. The lowest BCUT2D eigenvalue weighted by Crippen LogP contribution is -2.19. The summed E-state index contributed by atoms with van der Waals surface area (Å²) in [7, 11) is 4.70. The molecule has 1 aromatic carbocycles. The third kappa shape index (κ3) is 3.37. The van der Waals surface area contributed by atoms with Crippen molar-refractivity contribution in [2.75, 3.05) is 27.9 Å². The molecule has 2 atom stereocenters. The molecule has 0 N–H and O–H groups in total. The van der Waals surface area contributed by atoms with Crippen molar-refractivity contribution in [2.24, 2.45) is 0 Å². The van der Waals surface area contributed by atoms with Crippen molar-refractivity contribution in [1.29, 1.82) is 0 Å². The molecule has 0 amide bonds.